The summed E-state index contributed by atoms with van der Waals surface area (Å²) in [5.41, 5.74) is 2.65. The van der Waals surface area contributed by atoms with Gasteiger partial charge in [0.25, 0.3) is 5.91 Å². The lowest BCUT2D eigenvalue weighted by molar-refractivity contribution is 0.102. The van der Waals surface area contributed by atoms with Crippen molar-refractivity contribution in [1.82, 2.24) is 14.7 Å². The number of likely N-dealkylation sites (tertiary alicyclic amines) is 1. The Balaban J connectivity index is 1.43. The minimum absolute atomic E-state index is 0.265. The van der Waals surface area contributed by atoms with Gasteiger partial charge in [-0.05, 0) is 69.1 Å². The van der Waals surface area contributed by atoms with Gasteiger partial charge in [-0.1, -0.05) is 37.9 Å². The third-order valence-corrected chi connectivity index (χ3v) is 6.53. The zero-order valence-corrected chi connectivity index (χ0v) is 21.9. The lowest BCUT2D eigenvalue weighted by Crippen LogP contribution is -2.29. The van der Waals surface area contributed by atoms with Crippen LogP contribution in [0.15, 0.2) is 42.5 Å². The number of aryl methyl sites for hydroxylation is 1. The van der Waals surface area contributed by atoms with Crippen LogP contribution in [0.2, 0.25) is 5.02 Å². The number of amides is 1. The summed E-state index contributed by atoms with van der Waals surface area (Å²) in [6, 6.07) is 12.0. The fourth-order valence-electron chi connectivity index (χ4n) is 4.33. The quantitative estimate of drug-likeness (QED) is 0.365. The van der Waals surface area contributed by atoms with E-state index in [-0.39, 0.29) is 11.4 Å². The van der Waals surface area contributed by atoms with Crippen LogP contribution >= 0.6 is 11.6 Å². The van der Waals surface area contributed by atoms with Crippen LogP contribution in [0.1, 0.15) is 60.3 Å². The van der Waals surface area contributed by atoms with Crippen molar-refractivity contribution in [3.05, 3.63) is 75.7 Å². The summed E-state index contributed by atoms with van der Waals surface area (Å²) in [6.45, 7) is 9.69. The number of nitrogens with zero attached hydrogens (tertiary/aromatic N) is 3. The van der Waals surface area contributed by atoms with Gasteiger partial charge < -0.3 is 10.1 Å². The van der Waals surface area contributed by atoms with Crippen molar-refractivity contribution in [2.75, 3.05) is 25.0 Å². The van der Waals surface area contributed by atoms with E-state index in [0.717, 1.165) is 42.9 Å². The van der Waals surface area contributed by atoms with Crippen molar-refractivity contribution in [3.63, 3.8) is 0 Å². The molecule has 1 amide bonds. The highest BCUT2D eigenvalue weighted by atomic mass is 35.5. The van der Waals surface area contributed by atoms with E-state index in [0.29, 0.717) is 42.0 Å². The number of ether oxygens (including phenoxy) is 1. The molecule has 1 aliphatic rings. The Morgan fingerprint density at radius 1 is 1.08 bits per heavy atom. The molecule has 6 nitrogen and oxygen atoms in total. The molecule has 0 aliphatic carbocycles. The second kappa shape index (κ2) is 11.9. The molecule has 0 atom stereocenters. The summed E-state index contributed by atoms with van der Waals surface area (Å²) >= 11 is 6.23. The minimum atomic E-state index is -0.396. The van der Waals surface area contributed by atoms with Gasteiger partial charge in [0.2, 0.25) is 0 Å². The number of rotatable bonds is 9. The average molecular weight is 513 g/mol. The first kappa shape index (κ1) is 26.2. The van der Waals surface area contributed by atoms with E-state index in [9.17, 15) is 9.18 Å². The molecule has 0 radical (unpaired) electrons. The van der Waals surface area contributed by atoms with Crippen molar-refractivity contribution in [2.45, 2.75) is 53.1 Å². The van der Waals surface area contributed by atoms with Crippen LogP contribution in [-0.2, 0) is 13.1 Å². The van der Waals surface area contributed by atoms with E-state index in [2.05, 4.69) is 29.2 Å². The third kappa shape index (κ3) is 6.86. The minimum Gasteiger partial charge on any atom is -0.493 e. The number of benzene rings is 2. The number of anilines is 1. The van der Waals surface area contributed by atoms with Crippen LogP contribution in [0.3, 0.4) is 0 Å². The number of carbonyl (C=O) groups is 1. The largest absolute Gasteiger partial charge is 0.493 e. The van der Waals surface area contributed by atoms with E-state index in [1.165, 1.54) is 12.5 Å². The molecule has 36 heavy (non-hydrogen) atoms. The van der Waals surface area contributed by atoms with E-state index < -0.39 is 5.91 Å². The highest BCUT2D eigenvalue weighted by Crippen LogP contribution is 2.25. The van der Waals surface area contributed by atoms with Crippen LogP contribution < -0.4 is 10.1 Å². The third-order valence-electron chi connectivity index (χ3n) is 6.30. The van der Waals surface area contributed by atoms with Gasteiger partial charge in [-0.15, -0.1) is 0 Å². The van der Waals surface area contributed by atoms with E-state index in [4.69, 9.17) is 16.3 Å². The summed E-state index contributed by atoms with van der Waals surface area (Å²) in [4.78, 5) is 15.1. The smallest absolute Gasteiger partial charge is 0.256 e. The van der Waals surface area contributed by atoms with Crippen LogP contribution in [-0.4, -0.2) is 40.3 Å². The fourth-order valence-corrected chi connectivity index (χ4v) is 4.52. The van der Waals surface area contributed by atoms with Gasteiger partial charge in [0, 0.05) is 40.0 Å². The molecule has 1 aliphatic heterocycles. The highest BCUT2D eigenvalue weighted by Gasteiger charge is 2.16. The predicted molar refractivity (Wildman–Crippen MR) is 141 cm³/mol. The first-order valence-corrected chi connectivity index (χ1v) is 12.9. The Hall–Kier alpha value is -2.90. The van der Waals surface area contributed by atoms with Crippen LogP contribution in [0.4, 0.5) is 10.2 Å². The molecule has 1 saturated heterocycles. The molecule has 2 heterocycles. The average Bonchev–Trinajstić information content (AvgIpc) is 3.18. The number of carbonyl (C=O) groups excluding carboxylic acids is 1. The van der Waals surface area contributed by atoms with Crippen LogP contribution in [0.25, 0.3) is 0 Å². The van der Waals surface area contributed by atoms with E-state index in [1.54, 1.807) is 28.9 Å². The molecule has 0 bridgehead atoms. The maximum atomic E-state index is 14.7. The summed E-state index contributed by atoms with van der Waals surface area (Å²) in [5.74, 6) is 0.803. The molecular weight excluding hydrogens is 479 g/mol. The Bertz CT molecular complexity index is 1200. The van der Waals surface area contributed by atoms with Gasteiger partial charge >= 0.3 is 0 Å². The molecule has 1 N–H and O–H groups in total. The number of hydrogen-bond acceptors (Lipinski definition) is 4. The summed E-state index contributed by atoms with van der Waals surface area (Å²) in [7, 11) is 0. The lowest BCUT2D eigenvalue weighted by atomic mass is 10.1. The Labute approximate surface area is 217 Å². The second-order valence-corrected chi connectivity index (χ2v) is 10.3. The molecule has 1 fully saturated rings. The van der Waals surface area contributed by atoms with Crippen LogP contribution in [0, 0.1) is 18.7 Å². The monoisotopic (exact) mass is 512 g/mol. The molecular formula is C28H34ClFN4O2. The normalized spacial score (nSPS) is 14.3. The summed E-state index contributed by atoms with van der Waals surface area (Å²) in [5, 5.41) is 7.95. The Morgan fingerprint density at radius 3 is 2.58 bits per heavy atom. The molecule has 0 saturated carbocycles. The molecule has 192 valence electrons. The SMILES string of the molecule is Cc1cc(NC(=O)c2ccc(CN3CCCCC3)c(F)c2)nn1Cc1cc(Cl)ccc1OCC(C)C. The van der Waals surface area contributed by atoms with Crippen molar-refractivity contribution in [1.29, 1.82) is 0 Å². The van der Waals surface area contributed by atoms with Gasteiger partial charge in [0.1, 0.15) is 11.6 Å². The van der Waals surface area contributed by atoms with Crippen molar-refractivity contribution < 1.29 is 13.9 Å². The lowest BCUT2D eigenvalue weighted by Gasteiger charge is -2.26. The van der Waals surface area contributed by atoms with Gasteiger partial charge in [0.15, 0.2) is 5.82 Å². The molecule has 4 rings (SSSR count). The first-order valence-electron chi connectivity index (χ1n) is 12.6. The summed E-state index contributed by atoms with van der Waals surface area (Å²) < 4.78 is 22.5. The van der Waals surface area contributed by atoms with E-state index in [1.807, 2.05) is 19.1 Å². The van der Waals surface area contributed by atoms with Gasteiger partial charge in [-0.3, -0.25) is 14.4 Å². The number of halogens is 2. The maximum absolute atomic E-state index is 14.7. The second-order valence-electron chi connectivity index (χ2n) is 9.88. The van der Waals surface area contributed by atoms with Gasteiger partial charge in [0.05, 0.1) is 13.2 Å². The number of nitrogens with one attached hydrogen (secondary N) is 1. The zero-order valence-electron chi connectivity index (χ0n) is 21.2. The first-order chi connectivity index (χ1) is 17.3. The molecule has 1 aromatic heterocycles. The molecule has 3 aromatic rings. The van der Waals surface area contributed by atoms with Gasteiger partial charge in [-0.25, -0.2) is 4.39 Å². The van der Waals surface area contributed by atoms with Crippen molar-refractivity contribution in [2.24, 2.45) is 5.92 Å². The predicted octanol–water partition coefficient (Wildman–Crippen LogP) is 6.31. The molecule has 2 aromatic carbocycles. The Morgan fingerprint density at radius 2 is 1.86 bits per heavy atom. The standard InChI is InChI=1S/C28H34ClFN4O2/c1-19(2)18-36-26-10-9-24(29)14-23(26)17-34-20(3)13-27(32-34)31-28(35)21-7-8-22(25(30)15-21)16-33-11-5-4-6-12-33/h7-10,13-15,19H,4-6,11-12,16-18H2,1-3H3,(H,31,32,35). The Kier molecular flexibility index (Phi) is 8.64. The van der Waals surface area contributed by atoms with Crippen LogP contribution in [0.5, 0.6) is 5.75 Å². The zero-order chi connectivity index (χ0) is 25.7. The fraction of sp³-hybridized carbons (Fsp3) is 0.429. The molecule has 0 spiro atoms. The van der Waals surface area contributed by atoms with Crippen molar-refractivity contribution in [3.8, 4) is 5.75 Å². The topological polar surface area (TPSA) is 59.4 Å². The van der Waals surface area contributed by atoms with Gasteiger partial charge in [-0.2, -0.15) is 5.10 Å². The highest BCUT2D eigenvalue weighted by molar-refractivity contribution is 6.30. The van der Waals surface area contributed by atoms with E-state index >= 15 is 0 Å². The van der Waals surface area contributed by atoms with Crippen molar-refractivity contribution >= 4 is 23.3 Å². The maximum Gasteiger partial charge on any atom is 0.256 e. The number of piperidine rings is 1. The molecule has 8 heteroatoms. The summed E-state index contributed by atoms with van der Waals surface area (Å²) in [6.07, 6.45) is 3.54. The number of aromatic nitrogens is 2. The number of hydrogen-bond donors (Lipinski definition) is 1. The molecule has 0 unspecified atom stereocenters.